The minimum Gasteiger partial charge on any atom is -0.393 e. The maximum absolute atomic E-state index is 10.2. The second-order valence-electron chi connectivity index (χ2n) is 7.93. The summed E-state index contributed by atoms with van der Waals surface area (Å²) in [4.78, 5) is 0. The molecule has 2 rings (SSSR count). The lowest BCUT2D eigenvalue weighted by Crippen LogP contribution is -2.36. The van der Waals surface area contributed by atoms with Crippen LogP contribution in [0.25, 0.3) is 0 Å². The zero-order valence-corrected chi connectivity index (χ0v) is 18.5. The molecule has 1 aliphatic rings. The molecule has 1 fully saturated rings. The van der Waals surface area contributed by atoms with Crippen LogP contribution in [0.2, 0.25) is 0 Å². The first-order valence-corrected chi connectivity index (χ1v) is 10.7. The molecule has 4 heteroatoms. The third-order valence-corrected chi connectivity index (χ3v) is 6.05. The van der Waals surface area contributed by atoms with E-state index in [1.54, 1.807) is 6.08 Å². The van der Waals surface area contributed by atoms with Crippen molar-refractivity contribution < 1.29 is 9.84 Å². The molecule has 3 nitrogen and oxygen atoms in total. The molecule has 1 aromatic rings. The number of nitriles is 1. The molecule has 0 spiro atoms. The van der Waals surface area contributed by atoms with Crippen molar-refractivity contribution in [2.45, 2.75) is 77.1 Å². The van der Waals surface area contributed by atoms with Crippen molar-refractivity contribution in [2.75, 3.05) is 0 Å². The second kappa shape index (κ2) is 11.4. The Kier molecular flexibility index (Phi) is 9.17. The van der Waals surface area contributed by atoms with Crippen LogP contribution in [-0.4, -0.2) is 23.4 Å². The van der Waals surface area contributed by atoms with Gasteiger partial charge in [0.15, 0.2) is 0 Å². The molecule has 0 amide bonds. The molecule has 0 radical (unpaired) electrons. The van der Waals surface area contributed by atoms with E-state index in [9.17, 15) is 5.11 Å². The van der Waals surface area contributed by atoms with Crippen LogP contribution in [-0.2, 0) is 11.2 Å². The summed E-state index contributed by atoms with van der Waals surface area (Å²) in [5, 5.41) is 19.7. The lowest BCUT2D eigenvalue weighted by atomic mass is 9.93. The Morgan fingerprint density at radius 1 is 1.38 bits per heavy atom. The van der Waals surface area contributed by atoms with E-state index in [4.69, 9.17) is 21.6 Å². The first kappa shape index (κ1) is 23.4. The van der Waals surface area contributed by atoms with E-state index >= 15 is 0 Å². The third-order valence-electron chi connectivity index (χ3n) is 5.65. The maximum Gasteiger partial charge on any atom is 0.0814 e. The average molecular weight is 414 g/mol. The van der Waals surface area contributed by atoms with Crippen LogP contribution in [0.1, 0.15) is 63.5 Å². The summed E-state index contributed by atoms with van der Waals surface area (Å²) in [5.74, 6) is 0.550. The number of rotatable bonds is 8. The molecule has 0 aliphatic carbocycles. The van der Waals surface area contributed by atoms with Crippen molar-refractivity contribution >= 4 is 11.6 Å². The summed E-state index contributed by atoms with van der Waals surface area (Å²) in [6.45, 7) is 10.2. The molecule has 0 aromatic heterocycles. The molecule has 4 atom stereocenters. The molecule has 1 saturated heterocycles. The smallest absolute Gasteiger partial charge is 0.0814 e. The Hall–Kier alpha value is -1.86. The van der Waals surface area contributed by atoms with Gasteiger partial charge in [-0.25, -0.2) is 0 Å². The van der Waals surface area contributed by atoms with E-state index in [1.165, 1.54) is 11.1 Å². The first-order valence-electron chi connectivity index (χ1n) is 10.4. The van der Waals surface area contributed by atoms with Crippen molar-refractivity contribution in [2.24, 2.45) is 0 Å². The molecule has 1 N–H and O–H groups in total. The summed E-state index contributed by atoms with van der Waals surface area (Å²) < 4.78 is 6.04. The molecule has 1 heterocycles. The molecule has 29 heavy (non-hydrogen) atoms. The van der Waals surface area contributed by atoms with Gasteiger partial charge in [-0.2, -0.15) is 5.26 Å². The third kappa shape index (κ3) is 6.85. The number of nitrogens with zero attached hydrogens (tertiary/aromatic N) is 1. The normalized spacial score (nSPS) is 24.4. The molecule has 0 bridgehead atoms. The van der Waals surface area contributed by atoms with Gasteiger partial charge >= 0.3 is 0 Å². The number of allylic oxidation sites excluding steroid dienone is 4. The van der Waals surface area contributed by atoms with E-state index in [1.807, 2.05) is 13.0 Å². The van der Waals surface area contributed by atoms with Crippen LogP contribution >= 0.6 is 11.6 Å². The van der Waals surface area contributed by atoms with Crippen molar-refractivity contribution in [1.82, 2.24) is 0 Å². The number of aliphatic hydroxyl groups excluding tert-OH is 1. The number of hydrogen-bond acceptors (Lipinski definition) is 3. The van der Waals surface area contributed by atoms with Crippen LogP contribution in [0.5, 0.6) is 0 Å². The topological polar surface area (TPSA) is 53.2 Å². The summed E-state index contributed by atoms with van der Waals surface area (Å²) in [5.41, 5.74) is 4.49. The zero-order chi connectivity index (χ0) is 21.4. The fourth-order valence-corrected chi connectivity index (χ4v) is 3.76. The minimum absolute atomic E-state index is 0.214. The molecule has 1 aliphatic heterocycles. The summed E-state index contributed by atoms with van der Waals surface area (Å²) in [6, 6.07) is 10.8. The van der Waals surface area contributed by atoms with Gasteiger partial charge in [-0.1, -0.05) is 68.4 Å². The molecule has 156 valence electrons. The molecule has 3 unspecified atom stereocenters. The first-order chi connectivity index (χ1) is 13.9. The molecular weight excluding hydrogens is 382 g/mol. The van der Waals surface area contributed by atoms with Gasteiger partial charge in [0.1, 0.15) is 0 Å². The van der Waals surface area contributed by atoms with Crippen LogP contribution < -0.4 is 0 Å². The van der Waals surface area contributed by atoms with Crippen LogP contribution in [0.3, 0.4) is 0 Å². The van der Waals surface area contributed by atoms with Crippen LogP contribution in [0, 0.1) is 11.3 Å². The molecule has 1 aromatic carbocycles. The van der Waals surface area contributed by atoms with Gasteiger partial charge in [0, 0.05) is 17.9 Å². The Bertz CT molecular complexity index is 788. The zero-order valence-electron chi connectivity index (χ0n) is 17.7. The van der Waals surface area contributed by atoms with E-state index in [0.717, 1.165) is 17.6 Å². The molecular formula is C25H32ClNO2. The Balaban J connectivity index is 2.20. The van der Waals surface area contributed by atoms with Crippen molar-refractivity contribution in [1.29, 1.82) is 5.26 Å². The quantitative estimate of drug-likeness (QED) is 0.517. The van der Waals surface area contributed by atoms with Gasteiger partial charge in [0.25, 0.3) is 0 Å². The SMILES string of the molecule is C=C/C(Cl)=C(\C=C(/C)[C@H]1CC(O)CC(CC#N)O1)Cc1ccc(C(C)CC)cc1. The van der Waals surface area contributed by atoms with Gasteiger partial charge in [0.05, 0.1) is 30.8 Å². The Morgan fingerprint density at radius 2 is 2.07 bits per heavy atom. The van der Waals surface area contributed by atoms with E-state index < -0.39 is 6.10 Å². The predicted molar refractivity (Wildman–Crippen MR) is 120 cm³/mol. The van der Waals surface area contributed by atoms with E-state index in [-0.39, 0.29) is 12.2 Å². The fraction of sp³-hybridized carbons (Fsp3) is 0.480. The number of ether oxygens (including phenoxy) is 1. The lowest BCUT2D eigenvalue weighted by molar-refractivity contribution is -0.0776. The Labute approximate surface area is 180 Å². The standard InChI is InChI=1S/C25H32ClNO2/c1-5-17(3)20-9-7-19(8-10-20)14-21(24(26)6-2)13-18(4)25-16-22(28)15-23(29-25)11-12-27/h6-10,13,17,22-23,25,28H,2,5,11,14-16H2,1,3-4H3/b18-13+,24-21-/t17?,22?,23?,25-/m1/s1. The van der Waals surface area contributed by atoms with Gasteiger partial charge < -0.3 is 9.84 Å². The highest BCUT2D eigenvalue weighted by molar-refractivity contribution is 6.31. The van der Waals surface area contributed by atoms with E-state index in [2.05, 4.69) is 50.8 Å². The van der Waals surface area contributed by atoms with Crippen molar-refractivity contribution in [3.05, 3.63) is 70.3 Å². The number of benzene rings is 1. The number of hydrogen-bond donors (Lipinski definition) is 1. The lowest BCUT2D eigenvalue weighted by Gasteiger charge is -2.33. The van der Waals surface area contributed by atoms with Crippen LogP contribution in [0.4, 0.5) is 0 Å². The van der Waals surface area contributed by atoms with Crippen LogP contribution in [0.15, 0.2) is 59.2 Å². The highest BCUT2D eigenvalue weighted by Gasteiger charge is 2.29. The average Bonchev–Trinajstić information content (AvgIpc) is 2.72. The Morgan fingerprint density at radius 3 is 2.66 bits per heavy atom. The maximum atomic E-state index is 10.2. The van der Waals surface area contributed by atoms with Crippen molar-refractivity contribution in [3.63, 3.8) is 0 Å². The number of halogens is 1. The minimum atomic E-state index is -0.453. The second-order valence-corrected chi connectivity index (χ2v) is 8.33. The highest BCUT2D eigenvalue weighted by Crippen LogP contribution is 2.28. The van der Waals surface area contributed by atoms with Gasteiger partial charge in [0.2, 0.25) is 0 Å². The predicted octanol–water partition coefficient (Wildman–Crippen LogP) is 6.19. The highest BCUT2D eigenvalue weighted by atomic mass is 35.5. The summed E-state index contributed by atoms with van der Waals surface area (Å²) in [7, 11) is 0. The monoisotopic (exact) mass is 413 g/mol. The summed E-state index contributed by atoms with van der Waals surface area (Å²) >= 11 is 6.46. The van der Waals surface area contributed by atoms with Gasteiger partial charge in [-0.3, -0.25) is 0 Å². The molecule has 0 saturated carbocycles. The fourth-order valence-electron chi connectivity index (χ4n) is 3.64. The largest absolute Gasteiger partial charge is 0.393 e. The number of aliphatic hydroxyl groups is 1. The van der Waals surface area contributed by atoms with E-state index in [0.29, 0.717) is 36.6 Å². The van der Waals surface area contributed by atoms with Crippen molar-refractivity contribution in [3.8, 4) is 6.07 Å². The van der Waals surface area contributed by atoms with Gasteiger partial charge in [-0.05, 0) is 48.0 Å². The summed E-state index contributed by atoms with van der Waals surface area (Å²) in [6.07, 6.45) is 5.95. The van der Waals surface area contributed by atoms with Gasteiger partial charge in [-0.15, -0.1) is 0 Å².